The van der Waals surface area contributed by atoms with E-state index in [-0.39, 0.29) is 17.9 Å². The number of nitrogens with zero attached hydrogens (tertiary/aromatic N) is 3. The third-order valence-corrected chi connectivity index (χ3v) is 6.34. The monoisotopic (exact) mass is 437 g/mol. The van der Waals surface area contributed by atoms with Crippen LogP contribution < -0.4 is 9.47 Å². The van der Waals surface area contributed by atoms with Gasteiger partial charge in [0.2, 0.25) is 5.91 Å². The number of methoxy groups -OCH3 is 1. The average molecular weight is 438 g/mol. The van der Waals surface area contributed by atoms with Crippen molar-refractivity contribution in [2.45, 2.75) is 18.9 Å². The van der Waals surface area contributed by atoms with Gasteiger partial charge in [0.15, 0.2) is 0 Å². The van der Waals surface area contributed by atoms with E-state index in [1.165, 1.54) is 0 Å². The molecule has 7 nitrogen and oxygen atoms in total. The summed E-state index contributed by atoms with van der Waals surface area (Å²) < 4.78 is 11.2. The number of carbonyl (C=O) groups excluding carboxylic acids is 2. The molecule has 0 N–H and O–H groups in total. The van der Waals surface area contributed by atoms with Crippen LogP contribution >= 0.6 is 0 Å². The van der Waals surface area contributed by atoms with Crippen molar-refractivity contribution in [2.24, 2.45) is 0 Å². The molecule has 7 heteroatoms. The molecule has 0 spiro atoms. The maximum atomic E-state index is 13.4. The summed E-state index contributed by atoms with van der Waals surface area (Å²) in [5.41, 5.74) is 1.73. The molecule has 0 radical (unpaired) electrons. The molecule has 0 bridgehead atoms. The van der Waals surface area contributed by atoms with Gasteiger partial charge in [-0.1, -0.05) is 24.3 Å². The van der Waals surface area contributed by atoms with Gasteiger partial charge in [-0.3, -0.25) is 14.5 Å². The van der Waals surface area contributed by atoms with E-state index in [0.717, 1.165) is 30.8 Å². The fraction of sp³-hybridized carbons (Fsp3) is 0.440. The lowest BCUT2D eigenvalue weighted by atomic mass is 10.0. The van der Waals surface area contributed by atoms with Crippen LogP contribution in [0.5, 0.6) is 11.5 Å². The number of carbonyl (C=O) groups is 2. The second-order valence-electron chi connectivity index (χ2n) is 8.35. The molecule has 2 aliphatic rings. The Labute approximate surface area is 189 Å². The highest BCUT2D eigenvalue weighted by molar-refractivity contribution is 5.97. The molecule has 32 heavy (non-hydrogen) atoms. The van der Waals surface area contributed by atoms with E-state index < -0.39 is 0 Å². The van der Waals surface area contributed by atoms with Gasteiger partial charge in [-0.2, -0.15) is 0 Å². The maximum Gasteiger partial charge on any atom is 0.257 e. The Bertz CT molecular complexity index is 946. The lowest BCUT2D eigenvalue weighted by Gasteiger charge is -2.40. The number of ether oxygens (including phenoxy) is 2. The SMILES string of the molecule is COc1ccc(C2CN(C(=O)c3ccccc3OCCN3CCCC3=O)CCN2C)cc1. The second kappa shape index (κ2) is 10.0. The van der Waals surface area contributed by atoms with Gasteiger partial charge in [-0.15, -0.1) is 0 Å². The van der Waals surface area contributed by atoms with Crippen molar-refractivity contribution in [3.05, 3.63) is 59.7 Å². The summed E-state index contributed by atoms with van der Waals surface area (Å²) in [6, 6.07) is 15.5. The molecule has 4 rings (SSSR count). The summed E-state index contributed by atoms with van der Waals surface area (Å²) >= 11 is 0. The minimum absolute atomic E-state index is 0.0236. The van der Waals surface area contributed by atoms with Crippen LogP contribution in [0.3, 0.4) is 0 Å². The van der Waals surface area contributed by atoms with E-state index in [1.54, 1.807) is 7.11 Å². The molecular formula is C25H31N3O4. The first-order valence-electron chi connectivity index (χ1n) is 11.2. The van der Waals surface area contributed by atoms with Crippen molar-refractivity contribution in [3.63, 3.8) is 0 Å². The molecule has 2 heterocycles. The van der Waals surface area contributed by atoms with Crippen LogP contribution in [-0.4, -0.2) is 80.0 Å². The zero-order chi connectivity index (χ0) is 22.5. The van der Waals surface area contributed by atoms with Gasteiger partial charge < -0.3 is 19.3 Å². The third kappa shape index (κ3) is 4.88. The van der Waals surface area contributed by atoms with E-state index in [4.69, 9.17) is 9.47 Å². The van der Waals surface area contributed by atoms with Crippen molar-refractivity contribution in [1.82, 2.24) is 14.7 Å². The van der Waals surface area contributed by atoms with Crippen LogP contribution in [0.4, 0.5) is 0 Å². The van der Waals surface area contributed by atoms with E-state index in [2.05, 4.69) is 24.1 Å². The van der Waals surface area contributed by atoms with Crippen LogP contribution in [0.15, 0.2) is 48.5 Å². The van der Waals surface area contributed by atoms with Gasteiger partial charge >= 0.3 is 0 Å². The summed E-state index contributed by atoms with van der Waals surface area (Å²) in [6.45, 7) is 3.79. The predicted molar refractivity (Wildman–Crippen MR) is 122 cm³/mol. The fourth-order valence-electron chi connectivity index (χ4n) is 4.39. The smallest absolute Gasteiger partial charge is 0.257 e. The normalized spacial score (nSPS) is 19.3. The number of para-hydroxylation sites is 1. The Morgan fingerprint density at radius 2 is 1.84 bits per heavy atom. The summed E-state index contributed by atoms with van der Waals surface area (Å²) in [6.07, 6.45) is 1.53. The number of likely N-dealkylation sites (tertiary alicyclic amines) is 1. The van der Waals surface area contributed by atoms with Gasteiger partial charge in [-0.25, -0.2) is 0 Å². The average Bonchev–Trinajstić information content (AvgIpc) is 3.24. The molecule has 2 aromatic carbocycles. The van der Waals surface area contributed by atoms with E-state index in [9.17, 15) is 9.59 Å². The van der Waals surface area contributed by atoms with Gasteiger partial charge in [0.1, 0.15) is 18.1 Å². The number of hydrogen-bond donors (Lipinski definition) is 0. The fourth-order valence-corrected chi connectivity index (χ4v) is 4.39. The highest BCUT2D eigenvalue weighted by atomic mass is 16.5. The Balaban J connectivity index is 1.43. The molecule has 0 aromatic heterocycles. The van der Waals surface area contributed by atoms with Gasteiger partial charge in [-0.05, 0) is 43.3 Å². The van der Waals surface area contributed by atoms with Crippen LogP contribution in [0.25, 0.3) is 0 Å². The largest absolute Gasteiger partial charge is 0.497 e. The van der Waals surface area contributed by atoms with Crippen LogP contribution in [0.1, 0.15) is 34.8 Å². The van der Waals surface area contributed by atoms with E-state index in [1.807, 2.05) is 46.2 Å². The molecule has 2 aliphatic heterocycles. The Morgan fingerprint density at radius 1 is 1.06 bits per heavy atom. The number of rotatable bonds is 7. The van der Waals surface area contributed by atoms with Gasteiger partial charge in [0.25, 0.3) is 5.91 Å². The summed E-state index contributed by atoms with van der Waals surface area (Å²) in [5.74, 6) is 1.55. The molecule has 1 unspecified atom stereocenters. The Hall–Kier alpha value is -3.06. The van der Waals surface area contributed by atoms with E-state index >= 15 is 0 Å². The molecule has 2 amide bonds. The molecule has 2 fully saturated rings. The van der Waals surface area contributed by atoms with E-state index in [0.29, 0.717) is 44.0 Å². The van der Waals surface area contributed by atoms with Gasteiger partial charge in [0, 0.05) is 32.6 Å². The number of benzene rings is 2. The summed E-state index contributed by atoms with van der Waals surface area (Å²) in [7, 11) is 3.75. The van der Waals surface area contributed by atoms with Gasteiger partial charge in [0.05, 0.1) is 25.3 Å². The molecular weight excluding hydrogens is 406 g/mol. The van der Waals surface area contributed by atoms with Crippen molar-refractivity contribution in [1.29, 1.82) is 0 Å². The first kappa shape index (κ1) is 22.1. The molecule has 1 atom stereocenters. The highest BCUT2D eigenvalue weighted by Crippen LogP contribution is 2.28. The predicted octanol–water partition coefficient (Wildman–Crippen LogP) is 2.83. The number of piperazine rings is 1. The Kier molecular flexibility index (Phi) is 6.95. The van der Waals surface area contributed by atoms with Crippen molar-refractivity contribution < 1.29 is 19.1 Å². The molecule has 170 valence electrons. The van der Waals surface area contributed by atoms with Crippen LogP contribution in [0.2, 0.25) is 0 Å². The topological polar surface area (TPSA) is 62.3 Å². The quantitative estimate of drug-likeness (QED) is 0.667. The molecule has 0 aliphatic carbocycles. The molecule has 2 saturated heterocycles. The highest BCUT2D eigenvalue weighted by Gasteiger charge is 2.30. The number of hydrogen-bond acceptors (Lipinski definition) is 5. The minimum atomic E-state index is -0.0236. The van der Waals surface area contributed by atoms with Crippen LogP contribution in [0, 0.1) is 0 Å². The molecule has 2 aromatic rings. The van der Waals surface area contributed by atoms with Crippen molar-refractivity contribution >= 4 is 11.8 Å². The zero-order valence-electron chi connectivity index (χ0n) is 18.8. The minimum Gasteiger partial charge on any atom is -0.497 e. The lowest BCUT2D eigenvalue weighted by molar-refractivity contribution is -0.128. The third-order valence-electron chi connectivity index (χ3n) is 6.34. The van der Waals surface area contributed by atoms with Crippen molar-refractivity contribution in [2.75, 3.05) is 53.5 Å². The summed E-state index contributed by atoms with van der Waals surface area (Å²) in [5, 5.41) is 0. The first-order chi connectivity index (χ1) is 15.6. The second-order valence-corrected chi connectivity index (χ2v) is 8.35. The lowest BCUT2D eigenvalue weighted by Crippen LogP contribution is -2.49. The molecule has 0 saturated carbocycles. The summed E-state index contributed by atoms with van der Waals surface area (Å²) in [4.78, 5) is 31.2. The van der Waals surface area contributed by atoms with Crippen molar-refractivity contribution in [3.8, 4) is 11.5 Å². The number of amides is 2. The number of likely N-dealkylation sites (N-methyl/N-ethyl adjacent to an activating group) is 1. The zero-order valence-corrected chi connectivity index (χ0v) is 18.8. The standard InChI is InChI=1S/C25H31N3O4/c1-26-14-15-28(18-22(26)19-9-11-20(31-2)12-10-19)25(30)21-6-3-4-7-23(21)32-17-16-27-13-5-8-24(27)29/h3-4,6-7,9-12,22H,5,8,13-18H2,1-2H3. The maximum absolute atomic E-state index is 13.4. The van der Waals surface area contributed by atoms with Crippen LogP contribution in [-0.2, 0) is 4.79 Å². The Morgan fingerprint density at radius 3 is 2.56 bits per heavy atom. The first-order valence-corrected chi connectivity index (χ1v) is 11.2.